The van der Waals surface area contributed by atoms with Gasteiger partial charge in [-0.05, 0) is 56.8 Å². The van der Waals surface area contributed by atoms with Gasteiger partial charge in [-0.3, -0.25) is 0 Å². The fraction of sp³-hybridized carbons (Fsp3) is 0.471. The van der Waals surface area contributed by atoms with Gasteiger partial charge >= 0.3 is 0 Å². The van der Waals surface area contributed by atoms with Crippen molar-refractivity contribution in [3.63, 3.8) is 0 Å². The van der Waals surface area contributed by atoms with Crippen LogP contribution in [0.1, 0.15) is 19.8 Å². The summed E-state index contributed by atoms with van der Waals surface area (Å²) in [7, 11) is 2.21. The minimum Gasteiger partial charge on any atom is -0.399 e. The zero-order valence-corrected chi connectivity index (χ0v) is 12.9. The molecule has 0 radical (unpaired) electrons. The van der Waals surface area contributed by atoms with Gasteiger partial charge in [0.05, 0.1) is 5.52 Å². The van der Waals surface area contributed by atoms with Gasteiger partial charge in [-0.1, -0.05) is 6.92 Å². The Labute approximate surface area is 126 Å². The highest BCUT2D eigenvalue weighted by Gasteiger charge is 2.23. The van der Waals surface area contributed by atoms with E-state index >= 15 is 0 Å². The first-order valence-electron chi connectivity index (χ1n) is 7.79. The number of aromatic nitrogens is 1. The number of hydrogen-bond donors (Lipinski definition) is 1. The van der Waals surface area contributed by atoms with E-state index in [-0.39, 0.29) is 0 Å². The molecule has 2 heterocycles. The summed E-state index contributed by atoms with van der Waals surface area (Å²) in [4.78, 5) is 9.75. The van der Waals surface area contributed by atoms with E-state index < -0.39 is 0 Å². The molecule has 0 amide bonds. The maximum Gasteiger partial charge on any atom is 0.129 e. The second kappa shape index (κ2) is 5.90. The highest BCUT2D eigenvalue weighted by atomic mass is 15.3. The molecule has 1 aromatic carbocycles. The number of pyridine rings is 1. The van der Waals surface area contributed by atoms with Gasteiger partial charge in [0.15, 0.2) is 0 Å². The van der Waals surface area contributed by atoms with Crippen LogP contribution in [0.25, 0.3) is 10.9 Å². The predicted octanol–water partition coefficient (Wildman–Crippen LogP) is 2.74. The third-order valence-corrected chi connectivity index (χ3v) is 4.37. The van der Waals surface area contributed by atoms with Crippen LogP contribution in [-0.2, 0) is 0 Å². The number of benzene rings is 1. The van der Waals surface area contributed by atoms with Crippen LogP contribution in [0.15, 0.2) is 30.3 Å². The van der Waals surface area contributed by atoms with E-state index in [9.17, 15) is 0 Å². The maximum absolute atomic E-state index is 5.84. The van der Waals surface area contributed by atoms with Crippen molar-refractivity contribution in [2.75, 3.05) is 37.3 Å². The average molecular weight is 284 g/mol. The molecule has 1 aliphatic rings. The molecular formula is C17H24N4. The van der Waals surface area contributed by atoms with Gasteiger partial charge in [0, 0.05) is 30.2 Å². The maximum atomic E-state index is 5.84. The van der Waals surface area contributed by atoms with Gasteiger partial charge < -0.3 is 15.5 Å². The minimum absolute atomic E-state index is 0.538. The monoisotopic (exact) mass is 284 g/mol. The van der Waals surface area contributed by atoms with Crippen molar-refractivity contribution in [2.45, 2.75) is 25.8 Å². The lowest BCUT2D eigenvalue weighted by atomic mass is 10.1. The number of nitrogens with zero attached hydrogens (tertiary/aromatic N) is 3. The van der Waals surface area contributed by atoms with Crippen LogP contribution in [0, 0.1) is 0 Å². The summed E-state index contributed by atoms with van der Waals surface area (Å²) in [6.45, 7) is 5.62. The van der Waals surface area contributed by atoms with Crippen molar-refractivity contribution in [1.82, 2.24) is 9.88 Å². The molecule has 1 atom stereocenters. The number of likely N-dealkylation sites (N-methyl/N-ethyl adjacent to an activating group) is 1. The Morgan fingerprint density at radius 1 is 1.24 bits per heavy atom. The molecule has 2 N–H and O–H groups in total. The van der Waals surface area contributed by atoms with Crippen molar-refractivity contribution < 1.29 is 0 Å². The molecule has 2 aromatic rings. The molecule has 112 valence electrons. The average Bonchev–Trinajstić information content (AvgIpc) is 2.68. The lowest BCUT2D eigenvalue weighted by Gasteiger charge is -2.31. The van der Waals surface area contributed by atoms with E-state index in [1.807, 2.05) is 18.2 Å². The summed E-state index contributed by atoms with van der Waals surface area (Å²) in [5.41, 5.74) is 7.65. The number of fused-ring (bicyclic) bond motifs is 1. The lowest BCUT2D eigenvalue weighted by molar-refractivity contribution is 0.327. The number of anilines is 2. The molecular weight excluding hydrogens is 260 g/mol. The highest BCUT2D eigenvalue weighted by molar-refractivity contribution is 5.83. The summed E-state index contributed by atoms with van der Waals surface area (Å²) in [6, 6.07) is 10.7. The van der Waals surface area contributed by atoms with E-state index in [0.29, 0.717) is 6.04 Å². The van der Waals surface area contributed by atoms with Crippen LogP contribution in [0.4, 0.5) is 11.5 Å². The first-order chi connectivity index (χ1) is 10.2. The molecule has 1 saturated heterocycles. The van der Waals surface area contributed by atoms with Crippen molar-refractivity contribution in [2.24, 2.45) is 0 Å². The first kappa shape index (κ1) is 14.1. The first-order valence-corrected chi connectivity index (χ1v) is 7.79. The fourth-order valence-electron chi connectivity index (χ4n) is 3.19. The molecule has 4 nitrogen and oxygen atoms in total. The summed E-state index contributed by atoms with van der Waals surface area (Å²) in [6.07, 6.45) is 2.33. The van der Waals surface area contributed by atoms with Gasteiger partial charge in [0.1, 0.15) is 5.82 Å². The zero-order chi connectivity index (χ0) is 14.8. The van der Waals surface area contributed by atoms with Crippen LogP contribution in [-0.4, -0.2) is 42.6 Å². The van der Waals surface area contributed by atoms with E-state index in [2.05, 4.69) is 35.9 Å². The van der Waals surface area contributed by atoms with Crippen molar-refractivity contribution in [3.8, 4) is 0 Å². The Morgan fingerprint density at radius 2 is 2.10 bits per heavy atom. The molecule has 1 aliphatic heterocycles. The molecule has 0 spiro atoms. The molecule has 0 bridgehead atoms. The SMILES string of the molecule is CCC1CN(C)CCCN1c1ccc2cc(N)ccc2n1. The summed E-state index contributed by atoms with van der Waals surface area (Å²) in [5, 5.41) is 1.11. The Balaban J connectivity index is 1.95. The highest BCUT2D eigenvalue weighted by Crippen LogP contribution is 2.24. The lowest BCUT2D eigenvalue weighted by Crippen LogP contribution is -2.40. The predicted molar refractivity (Wildman–Crippen MR) is 89.7 cm³/mol. The molecule has 1 fully saturated rings. The Bertz CT molecular complexity index is 625. The zero-order valence-electron chi connectivity index (χ0n) is 12.9. The van der Waals surface area contributed by atoms with Crippen LogP contribution in [0.5, 0.6) is 0 Å². The van der Waals surface area contributed by atoms with Crippen molar-refractivity contribution >= 4 is 22.4 Å². The largest absolute Gasteiger partial charge is 0.399 e. The third kappa shape index (κ3) is 2.95. The molecule has 0 aliphatic carbocycles. The van der Waals surface area contributed by atoms with Gasteiger partial charge in [-0.15, -0.1) is 0 Å². The summed E-state index contributed by atoms with van der Waals surface area (Å²) < 4.78 is 0. The molecule has 21 heavy (non-hydrogen) atoms. The van der Waals surface area contributed by atoms with Crippen LogP contribution < -0.4 is 10.6 Å². The number of nitrogen functional groups attached to an aromatic ring is 1. The molecule has 0 saturated carbocycles. The van der Waals surface area contributed by atoms with Crippen molar-refractivity contribution in [1.29, 1.82) is 0 Å². The van der Waals surface area contributed by atoms with E-state index in [1.54, 1.807) is 0 Å². The smallest absolute Gasteiger partial charge is 0.129 e. The molecule has 4 heteroatoms. The van der Waals surface area contributed by atoms with Gasteiger partial charge in [-0.2, -0.15) is 0 Å². The molecule has 1 unspecified atom stereocenters. The normalized spacial score (nSPS) is 20.7. The number of nitrogens with two attached hydrogens (primary N) is 1. The van der Waals surface area contributed by atoms with E-state index in [1.165, 1.54) is 6.42 Å². The van der Waals surface area contributed by atoms with Crippen LogP contribution >= 0.6 is 0 Å². The summed E-state index contributed by atoms with van der Waals surface area (Å²) >= 11 is 0. The molecule has 3 rings (SSSR count). The van der Waals surface area contributed by atoms with E-state index in [0.717, 1.165) is 48.5 Å². The molecule has 1 aromatic heterocycles. The van der Waals surface area contributed by atoms with Gasteiger partial charge in [0.25, 0.3) is 0 Å². The number of hydrogen-bond acceptors (Lipinski definition) is 4. The van der Waals surface area contributed by atoms with Gasteiger partial charge in [-0.25, -0.2) is 4.98 Å². The fourth-order valence-corrected chi connectivity index (χ4v) is 3.19. The van der Waals surface area contributed by atoms with Crippen molar-refractivity contribution in [3.05, 3.63) is 30.3 Å². The minimum atomic E-state index is 0.538. The third-order valence-electron chi connectivity index (χ3n) is 4.37. The summed E-state index contributed by atoms with van der Waals surface area (Å²) in [5.74, 6) is 1.09. The Hall–Kier alpha value is -1.81. The van der Waals surface area contributed by atoms with Crippen LogP contribution in [0.3, 0.4) is 0 Å². The number of rotatable bonds is 2. The second-order valence-electron chi connectivity index (χ2n) is 5.99. The topological polar surface area (TPSA) is 45.4 Å². The van der Waals surface area contributed by atoms with E-state index in [4.69, 9.17) is 10.7 Å². The van der Waals surface area contributed by atoms with Gasteiger partial charge in [0.2, 0.25) is 0 Å². The quantitative estimate of drug-likeness (QED) is 0.861. The standard InChI is InChI=1S/C17H24N4/c1-3-15-12-20(2)9-4-10-21(15)17-8-5-13-11-14(18)6-7-16(13)19-17/h5-8,11,15H,3-4,9-10,12,18H2,1-2H3. The second-order valence-corrected chi connectivity index (χ2v) is 5.99. The van der Waals surface area contributed by atoms with Crippen LogP contribution in [0.2, 0.25) is 0 Å². The Kier molecular flexibility index (Phi) is 3.97. The Morgan fingerprint density at radius 3 is 2.90 bits per heavy atom.